The van der Waals surface area contributed by atoms with Crippen LogP contribution in [0.25, 0.3) is 0 Å². The van der Waals surface area contributed by atoms with Crippen LogP contribution in [0.15, 0.2) is 18.2 Å². The maximum absolute atomic E-state index is 12.3. The largest absolute Gasteiger partial charge is 0.326 e. The minimum Gasteiger partial charge on any atom is -0.326 e. The molecule has 2 atom stereocenters. The predicted molar refractivity (Wildman–Crippen MR) is 77.0 cm³/mol. The fourth-order valence-electron chi connectivity index (χ4n) is 3.33. The molecule has 3 rings (SSSR count). The first kappa shape index (κ1) is 12.7. The Hall–Kier alpha value is -1.35. The smallest absolute Gasteiger partial charge is 0.227 e. The first-order valence-corrected chi connectivity index (χ1v) is 7.37. The molecule has 1 aliphatic carbocycles. The van der Waals surface area contributed by atoms with Gasteiger partial charge >= 0.3 is 0 Å². The number of amides is 1. The molecule has 3 nitrogen and oxygen atoms in total. The van der Waals surface area contributed by atoms with Crippen LogP contribution in [0.3, 0.4) is 0 Å². The minimum absolute atomic E-state index is 0.203. The molecule has 19 heavy (non-hydrogen) atoms. The van der Waals surface area contributed by atoms with E-state index < -0.39 is 0 Å². The van der Waals surface area contributed by atoms with Crippen molar-refractivity contribution < 1.29 is 4.79 Å². The first-order valence-electron chi connectivity index (χ1n) is 7.37. The number of rotatable bonds is 2. The predicted octanol–water partition coefficient (Wildman–Crippen LogP) is 2.71. The third kappa shape index (κ3) is 2.66. The van der Waals surface area contributed by atoms with Gasteiger partial charge in [0, 0.05) is 18.2 Å². The first-order chi connectivity index (χ1) is 9.24. The summed E-state index contributed by atoms with van der Waals surface area (Å²) in [5.74, 6) is 0.933. The molecule has 1 aromatic rings. The van der Waals surface area contributed by atoms with Crippen LogP contribution in [0, 0.1) is 11.8 Å². The van der Waals surface area contributed by atoms with Gasteiger partial charge in [-0.25, -0.2) is 0 Å². The minimum atomic E-state index is 0.203. The topological polar surface area (TPSA) is 41.1 Å². The van der Waals surface area contributed by atoms with Gasteiger partial charge in [0.25, 0.3) is 0 Å². The molecule has 102 valence electrons. The normalized spacial score (nSPS) is 25.9. The van der Waals surface area contributed by atoms with Gasteiger partial charge in [-0.1, -0.05) is 19.4 Å². The van der Waals surface area contributed by atoms with Gasteiger partial charge in [0.05, 0.1) is 0 Å². The number of hydrogen-bond donors (Lipinski definition) is 2. The van der Waals surface area contributed by atoms with Crippen molar-refractivity contribution in [3.8, 4) is 0 Å². The highest BCUT2D eigenvalue weighted by molar-refractivity contribution is 5.93. The summed E-state index contributed by atoms with van der Waals surface area (Å²) in [5, 5.41) is 6.47. The molecule has 1 amide bonds. The summed E-state index contributed by atoms with van der Waals surface area (Å²) in [4.78, 5) is 12.3. The third-order valence-corrected chi connectivity index (χ3v) is 4.56. The molecule has 0 aromatic heterocycles. The molecule has 0 bridgehead atoms. The van der Waals surface area contributed by atoms with Gasteiger partial charge in [-0.3, -0.25) is 4.79 Å². The van der Waals surface area contributed by atoms with E-state index in [2.05, 4.69) is 29.7 Å². The molecule has 2 aliphatic rings. The number of carbonyl (C=O) groups excluding carboxylic acids is 1. The van der Waals surface area contributed by atoms with E-state index in [1.807, 2.05) is 6.07 Å². The number of nitrogens with one attached hydrogen (secondary N) is 2. The van der Waals surface area contributed by atoms with Crippen LogP contribution in [0.2, 0.25) is 0 Å². The molecule has 0 radical (unpaired) electrons. The Balaban J connectivity index is 1.71. The van der Waals surface area contributed by atoms with E-state index in [4.69, 9.17) is 0 Å². The maximum Gasteiger partial charge on any atom is 0.227 e. The number of carbonyl (C=O) groups is 1. The molecule has 0 saturated heterocycles. The molecule has 2 unspecified atom stereocenters. The highest BCUT2D eigenvalue weighted by Gasteiger charge is 2.29. The lowest BCUT2D eigenvalue weighted by molar-refractivity contribution is -0.120. The van der Waals surface area contributed by atoms with Gasteiger partial charge in [0.2, 0.25) is 5.91 Å². The van der Waals surface area contributed by atoms with Crippen LogP contribution >= 0.6 is 0 Å². The Kier molecular flexibility index (Phi) is 3.56. The highest BCUT2D eigenvalue weighted by Crippen LogP contribution is 2.32. The summed E-state index contributed by atoms with van der Waals surface area (Å²) < 4.78 is 0. The molecule has 2 N–H and O–H groups in total. The van der Waals surface area contributed by atoms with Gasteiger partial charge in [0.15, 0.2) is 0 Å². The lowest BCUT2D eigenvalue weighted by Gasteiger charge is -2.19. The zero-order valence-electron chi connectivity index (χ0n) is 11.5. The molecular weight excluding hydrogens is 236 g/mol. The van der Waals surface area contributed by atoms with E-state index in [-0.39, 0.29) is 11.8 Å². The molecular formula is C16H22N2O. The SMILES string of the molecule is CC1CCCC1C(=O)Nc1ccc2c(c1)CNCC2. The van der Waals surface area contributed by atoms with Gasteiger partial charge in [-0.05, 0) is 55.0 Å². The van der Waals surface area contributed by atoms with Crippen LogP contribution < -0.4 is 10.6 Å². The van der Waals surface area contributed by atoms with Gasteiger partial charge in [-0.2, -0.15) is 0 Å². The van der Waals surface area contributed by atoms with E-state index in [1.54, 1.807) is 0 Å². The summed E-state index contributed by atoms with van der Waals surface area (Å²) in [6.07, 6.45) is 4.50. The van der Waals surface area contributed by atoms with Crippen molar-refractivity contribution in [1.82, 2.24) is 5.32 Å². The van der Waals surface area contributed by atoms with Crippen LogP contribution in [0.4, 0.5) is 5.69 Å². The number of benzene rings is 1. The number of anilines is 1. The molecule has 1 aromatic carbocycles. The second kappa shape index (κ2) is 5.33. The average molecular weight is 258 g/mol. The van der Waals surface area contributed by atoms with Crippen LogP contribution in [0.5, 0.6) is 0 Å². The molecule has 1 saturated carbocycles. The van der Waals surface area contributed by atoms with E-state index in [9.17, 15) is 4.79 Å². The summed E-state index contributed by atoms with van der Waals surface area (Å²) >= 11 is 0. The summed E-state index contributed by atoms with van der Waals surface area (Å²) in [5.41, 5.74) is 3.68. The second-order valence-electron chi connectivity index (χ2n) is 5.91. The van der Waals surface area contributed by atoms with Crippen molar-refractivity contribution >= 4 is 11.6 Å². The Morgan fingerprint density at radius 1 is 1.32 bits per heavy atom. The van der Waals surface area contributed by atoms with E-state index >= 15 is 0 Å². The van der Waals surface area contributed by atoms with Crippen molar-refractivity contribution in [2.45, 2.75) is 39.2 Å². The quantitative estimate of drug-likeness (QED) is 0.856. The van der Waals surface area contributed by atoms with Crippen molar-refractivity contribution in [2.75, 3.05) is 11.9 Å². The van der Waals surface area contributed by atoms with Crippen molar-refractivity contribution in [1.29, 1.82) is 0 Å². The van der Waals surface area contributed by atoms with Crippen LogP contribution in [0.1, 0.15) is 37.3 Å². The lowest BCUT2D eigenvalue weighted by atomic mass is 9.96. The van der Waals surface area contributed by atoms with Gasteiger partial charge in [-0.15, -0.1) is 0 Å². The molecule has 3 heteroatoms. The Labute approximate surface area is 114 Å². The van der Waals surface area contributed by atoms with Gasteiger partial charge in [0.1, 0.15) is 0 Å². The van der Waals surface area contributed by atoms with E-state index in [0.29, 0.717) is 5.92 Å². The third-order valence-electron chi connectivity index (χ3n) is 4.56. The highest BCUT2D eigenvalue weighted by atomic mass is 16.1. The van der Waals surface area contributed by atoms with Crippen molar-refractivity contribution in [3.05, 3.63) is 29.3 Å². The maximum atomic E-state index is 12.3. The summed E-state index contributed by atoms with van der Waals surface area (Å²) in [7, 11) is 0. The Morgan fingerprint density at radius 2 is 2.21 bits per heavy atom. The number of hydrogen-bond acceptors (Lipinski definition) is 2. The fourth-order valence-corrected chi connectivity index (χ4v) is 3.33. The molecule has 1 fully saturated rings. The molecule has 1 heterocycles. The summed E-state index contributed by atoms with van der Waals surface area (Å²) in [6, 6.07) is 6.32. The summed E-state index contributed by atoms with van der Waals surface area (Å²) in [6.45, 7) is 4.16. The van der Waals surface area contributed by atoms with Crippen LogP contribution in [-0.4, -0.2) is 12.5 Å². The standard InChI is InChI=1S/C16H22N2O/c1-11-3-2-4-15(11)16(19)18-14-6-5-12-7-8-17-10-13(12)9-14/h5-6,9,11,15,17H,2-4,7-8,10H2,1H3,(H,18,19). The zero-order chi connectivity index (χ0) is 13.2. The zero-order valence-corrected chi connectivity index (χ0v) is 11.5. The Bertz CT molecular complexity index is 484. The fraction of sp³-hybridized carbons (Fsp3) is 0.562. The van der Waals surface area contributed by atoms with E-state index in [0.717, 1.165) is 31.6 Å². The average Bonchev–Trinajstić information content (AvgIpc) is 2.85. The van der Waals surface area contributed by atoms with Crippen molar-refractivity contribution in [3.63, 3.8) is 0 Å². The monoisotopic (exact) mass is 258 g/mol. The lowest BCUT2D eigenvalue weighted by Crippen LogP contribution is -2.26. The van der Waals surface area contributed by atoms with E-state index in [1.165, 1.54) is 24.0 Å². The Morgan fingerprint density at radius 3 is 3.00 bits per heavy atom. The van der Waals surface area contributed by atoms with Gasteiger partial charge < -0.3 is 10.6 Å². The van der Waals surface area contributed by atoms with Crippen LogP contribution in [-0.2, 0) is 17.8 Å². The van der Waals surface area contributed by atoms with Crippen molar-refractivity contribution in [2.24, 2.45) is 11.8 Å². The molecule has 1 aliphatic heterocycles. The number of fused-ring (bicyclic) bond motifs is 1. The molecule has 0 spiro atoms. The second-order valence-corrected chi connectivity index (χ2v) is 5.91.